The van der Waals surface area contributed by atoms with Gasteiger partial charge in [0, 0.05) is 17.5 Å². The molecule has 19 heavy (non-hydrogen) atoms. The molecule has 2 atom stereocenters. The van der Waals surface area contributed by atoms with Crippen molar-refractivity contribution in [1.29, 1.82) is 0 Å². The van der Waals surface area contributed by atoms with Gasteiger partial charge in [0.05, 0.1) is 9.89 Å². The summed E-state index contributed by atoms with van der Waals surface area (Å²) in [4.78, 5) is 1.41. The molecule has 0 aliphatic heterocycles. The highest BCUT2D eigenvalue weighted by Crippen LogP contribution is 2.25. The Morgan fingerprint density at radius 2 is 2.05 bits per heavy atom. The zero-order chi connectivity index (χ0) is 14.3. The van der Waals surface area contributed by atoms with Gasteiger partial charge in [0.1, 0.15) is 0 Å². The maximum absolute atomic E-state index is 5.97. The third kappa shape index (κ3) is 5.94. The summed E-state index contributed by atoms with van der Waals surface area (Å²) in [5.74, 6) is 0.526. The Hall–Kier alpha value is 0.1000. The number of thiophene rings is 1. The van der Waals surface area contributed by atoms with Gasteiger partial charge < -0.3 is 10.1 Å². The van der Waals surface area contributed by atoms with Crippen molar-refractivity contribution in [2.45, 2.75) is 52.7 Å². The van der Waals surface area contributed by atoms with Crippen LogP contribution in [0.2, 0.25) is 0 Å². The summed E-state index contributed by atoms with van der Waals surface area (Å²) in [6, 6.07) is 4.73. The highest BCUT2D eigenvalue weighted by Gasteiger charge is 2.25. The van der Waals surface area contributed by atoms with Crippen molar-refractivity contribution in [1.82, 2.24) is 5.32 Å². The molecule has 0 bridgehead atoms. The largest absolute Gasteiger partial charge is 0.377 e. The molecule has 1 aromatic rings. The van der Waals surface area contributed by atoms with Crippen LogP contribution in [0, 0.1) is 5.92 Å². The van der Waals surface area contributed by atoms with Crippen LogP contribution in [0.15, 0.2) is 15.9 Å². The molecule has 1 heterocycles. The lowest BCUT2D eigenvalue weighted by molar-refractivity contribution is 0.00380. The maximum Gasteiger partial charge on any atom is 0.0754 e. The topological polar surface area (TPSA) is 21.3 Å². The third-order valence-corrected chi connectivity index (χ3v) is 4.77. The number of rotatable bonds is 9. The van der Waals surface area contributed by atoms with Gasteiger partial charge in [-0.2, -0.15) is 0 Å². The van der Waals surface area contributed by atoms with E-state index in [1.807, 2.05) is 11.3 Å². The Labute approximate surface area is 130 Å². The molecule has 1 rings (SSSR count). The lowest BCUT2D eigenvalue weighted by Crippen LogP contribution is -2.46. The fourth-order valence-electron chi connectivity index (χ4n) is 2.28. The predicted molar refractivity (Wildman–Crippen MR) is 88.1 cm³/mol. The molecular formula is C15H26BrNOS. The number of halogens is 1. The second-order valence-electron chi connectivity index (χ2n) is 5.13. The molecule has 0 aliphatic carbocycles. The summed E-state index contributed by atoms with van der Waals surface area (Å²) in [6.45, 7) is 10.6. The van der Waals surface area contributed by atoms with Crippen LogP contribution >= 0.6 is 27.3 Å². The van der Waals surface area contributed by atoms with E-state index in [2.05, 4.69) is 61.1 Å². The SMILES string of the molecule is CCCNC(Cc1ccc(Br)s1)C(OCC)C(C)C. The smallest absolute Gasteiger partial charge is 0.0754 e. The van der Waals surface area contributed by atoms with Crippen LogP contribution in [-0.2, 0) is 11.2 Å². The van der Waals surface area contributed by atoms with Gasteiger partial charge in [-0.3, -0.25) is 0 Å². The number of hydrogen-bond acceptors (Lipinski definition) is 3. The second-order valence-corrected chi connectivity index (χ2v) is 7.68. The fourth-order valence-corrected chi connectivity index (χ4v) is 3.82. The standard InChI is InChI=1S/C15H26BrNOS/c1-5-9-17-13(15(11(3)4)18-6-2)10-12-7-8-14(16)19-12/h7-8,11,13,15,17H,5-6,9-10H2,1-4H3. The fraction of sp³-hybridized carbons (Fsp3) is 0.733. The van der Waals surface area contributed by atoms with Crippen LogP contribution < -0.4 is 5.32 Å². The first-order valence-corrected chi connectivity index (χ1v) is 8.78. The summed E-state index contributed by atoms with van der Waals surface area (Å²) in [5.41, 5.74) is 0. The van der Waals surface area contributed by atoms with Gasteiger partial charge >= 0.3 is 0 Å². The van der Waals surface area contributed by atoms with E-state index in [-0.39, 0.29) is 6.10 Å². The van der Waals surface area contributed by atoms with Crippen LogP contribution in [0.5, 0.6) is 0 Å². The lowest BCUT2D eigenvalue weighted by atomic mass is 9.96. The molecule has 0 amide bonds. The van der Waals surface area contributed by atoms with Crippen LogP contribution in [0.4, 0.5) is 0 Å². The molecule has 0 aromatic carbocycles. The van der Waals surface area contributed by atoms with Crippen molar-refractivity contribution in [3.05, 3.63) is 20.8 Å². The van der Waals surface area contributed by atoms with Crippen molar-refractivity contribution in [2.24, 2.45) is 5.92 Å². The number of ether oxygens (including phenoxy) is 1. The summed E-state index contributed by atoms with van der Waals surface area (Å²) >= 11 is 5.36. The molecule has 2 unspecified atom stereocenters. The summed E-state index contributed by atoms with van der Waals surface area (Å²) in [7, 11) is 0. The molecule has 4 heteroatoms. The van der Waals surface area contributed by atoms with Crippen LogP contribution in [-0.4, -0.2) is 25.3 Å². The van der Waals surface area contributed by atoms with Gasteiger partial charge in [-0.15, -0.1) is 11.3 Å². The Kier molecular flexibility index (Phi) is 8.23. The second kappa shape index (κ2) is 9.11. The van der Waals surface area contributed by atoms with Crippen molar-refractivity contribution < 1.29 is 4.74 Å². The Bertz CT molecular complexity index is 354. The first kappa shape index (κ1) is 17.2. The van der Waals surface area contributed by atoms with E-state index in [1.54, 1.807) is 0 Å². The van der Waals surface area contributed by atoms with Crippen molar-refractivity contribution in [3.63, 3.8) is 0 Å². The molecule has 2 nitrogen and oxygen atoms in total. The van der Waals surface area contributed by atoms with E-state index in [0.717, 1.165) is 26.0 Å². The molecule has 1 N–H and O–H groups in total. The van der Waals surface area contributed by atoms with Gasteiger partial charge in [0.25, 0.3) is 0 Å². The quantitative estimate of drug-likeness (QED) is 0.710. The van der Waals surface area contributed by atoms with Crippen molar-refractivity contribution >= 4 is 27.3 Å². The third-order valence-electron chi connectivity index (χ3n) is 3.12. The predicted octanol–water partition coefficient (Wildman–Crippen LogP) is 4.48. The van der Waals surface area contributed by atoms with Gasteiger partial charge in [-0.25, -0.2) is 0 Å². The minimum Gasteiger partial charge on any atom is -0.377 e. The van der Waals surface area contributed by atoms with E-state index >= 15 is 0 Å². The van der Waals surface area contributed by atoms with Gasteiger partial charge in [-0.1, -0.05) is 20.8 Å². The van der Waals surface area contributed by atoms with E-state index < -0.39 is 0 Å². The first-order chi connectivity index (χ1) is 9.08. The van der Waals surface area contributed by atoms with E-state index in [9.17, 15) is 0 Å². The van der Waals surface area contributed by atoms with Crippen molar-refractivity contribution in [3.8, 4) is 0 Å². The molecule has 0 saturated heterocycles. The average molecular weight is 348 g/mol. The molecule has 0 saturated carbocycles. The van der Waals surface area contributed by atoms with Gasteiger partial charge in [-0.05, 0) is 60.3 Å². The van der Waals surface area contributed by atoms with Crippen LogP contribution in [0.1, 0.15) is 39.0 Å². The average Bonchev–Trinajstić information content (AvgIpc) is 2.77. The van der Waals surface area contributed by atoms with Gasteiger partial charge in [0.15, 0.2) is 0 Å². The molecule has 1 aromatic heterocycles. The summed E-state index contributed by atoms with van der Waals surface area (Å²) in [6.07, 6.45) is 2.47. The molecular weight excluding hydrogens is 322 g/mol. The number of nitrogens with one attached hydrogen (secondary N) is 1. The highest BCUT2D eigenvalue weighted by atomic mass is 79.9. The zero-order valence-corrected chi connectivity index (χ0v) is 14.8. The van der Waals surface area contributed by atoms with Crippen LogP contribution in [0.25, 0.3) is 0 Å². The Morgan fingerprint density at radius 3 is 2.53 bits per heavy atom. The van der Waals surface area contributed by atoms with Gasteiger partial charge in [0.2, 0.25) is 0 Å². The Balaban J connectivity index is 2.73. The lowest BCUT2D eigenvalue weighted by Gasteiger charge is -2.30. The zero-order valence-electron chi connectivity index (χ0n) is 12.4. The summed E-state index contributed by atoms with van der Waals surface area (Å²) in [5, 5.41) is 3.66. The first-order valence-electron chi connectivity index (χ1n) is 7.17. The van der Waals surface area contributed by atoms with Crippen LogP contribution in [0.3, 0.4) is 0 Å². The summed E-state index contributed by atoms with van der Waals surface area (Å²) < 4.78 is 7.18. The Morgan fingerprint density at radius 1 is 1.32 bits per heavy atom. The number of hydrogen-bond donors (Lipinski definition) is 1. The highest BCUT2D eigenvalue weighted by molar-refractivity contribution is 9.11. The van der Waals surface area contributed by atoms with E-state index in [4.69, 9.17) is 4.74 Å². The molecule has 0 fully saturated rings. The minimum absolute atomic E-state index is 0.275. The van der Waals surface area contributed by atoms with E-state index in [1.165, 1.54) is 8.66 Å². The molecule has 0 radical (unpaired) electrons. The monoisotopic (exact) mass is 347 g/mol. The molecule has 110 valence electrons. The minimum atomic E-state index is 0.275. The normalized spacial score (nSPS) is 14.8. The molecule has 0 aliphatic rings. The molecule has 0 spiro atoms. The van der Waals surface area contributed by atoms with E-state index in [0.29, 0.717) is 12.0 Å². The van der Waals surface area contributed by atoms with Crippen molar-refractivity contribution in [2.75, 3.05) is 13.2 Å². The maximum atomic E-state index is 5.97.